The smallest absolute Gasteiger partial charge is 0.305 e. The highest BCUT2D eigenvalue weighted by atomic mass is 16.5. The van der Waals surface area contributed by atoms with Crippen LogP contribution in [0, 0.1) is 0 Å². The third kappa shape index (κ3) is 69.7. The van der Waals surface area contributed by atoms with E-state index < -0.39 is 12.1 Å². The van der Waals surface area contributed by atoms with Crippen molar-refractivity contribution in [1.82, 2.24) is 5.32 Å². The average molecular weight is 1190 g/mol. The highest BCUT2D eigenvalue weighted by molar-refractivity contribution is 5.76. The van der Waals surface area contributed by atoms with E-state index in [0.717, 1.165) is 38.5 Å². The van der Waals surface area contributed by atoms with Crippen molar-refractivity contribution < 1.29 is 24.5 Å². The van der Waals surface area contributed by atoms with E-state index in [9.17, 15) is 19.8 Å². The predicted octanol–water partition coefficient (Wildman–Crippen LogP) is 25.5. The van der Waals surface area contributed by atoms with Gasteiger partial charge in [-0.2, -0.15) is 0 Å². The summed E-state index contributed by atoms with van der Waals surface area (Å²) in [6.07, 6.45) is 93.1. The number of carbonyl (C=O) groups excluding carboxylic acids is 2. The van der Waals surface area contributed by atoms with Crippen molar-refractivity contribution in [1.29, 1.82) is 0 Å². The van der Waals surface area contributed by atoms with Gasteiger partial charge in [0, 0.05) is 12.8 Å². The van der Waals surface area contributed by atoms with Crippen LogP contribution < -0.4 is 5.32 Å². The van der Waals surface area contributed by atoms with Gasteiger partial charge in [0.1, 0.15) is 0 Å². The third-order valence-electron chi connectivity index (χ3n) is 18.6. The molecule has 0 spiro atoms. The number of aliphatic hydroxyl groups excluding tert-OH is 2. The second kappa shape index (κ2) is 74.1. The Morgan fingerprint density at radius 1 is 0.321 bits per heavy atom. The number of nitrogens with one attached hydrogen (secondary N) is 1. The highest BCUT2D eigenvalue weighted by Gasteiger charge is 2.20. The second-order valence-electron chi connectivity index (χ2n) is 27.0. The van der Waals surface area contributed by atoms with Crippen molar-refractivity contribution in [2.75, 3.05) is 13.2 Å². The number of aliphatic hydroxyl groups is 2. The fourth-order valence-electron chi connectivity index (χ4n) is 12.6. The molecule has 0 saturated heterocycles. The van der Waals surface area contributed by atoms with Gasteiger partial charge in [0.25, 0.3) is 0 Å². The number of unbranched alkanes of at least 4 members (excludes halogenated alkanes) is 61. The number of allylic oxidation sites excluding steroid dienone is 2. The molecule has 0 aromatic carbocycles. The quantitative estimate of drug-likeness (QED) is 0.0320. The van der Waals surface area contributed by atoms with Crippen LogP contribution in [-0.4, -0.2) is 47.4 Å². The Balaban J connectivity index is 3.30. The highest BCUT2D eigenvalue weighted by Crippen LogP contribution is 2.20. The fourth-order valence-corrected chi connectivity index (χ4v) is 12.6. The summed E-state index contributed by atoms with van der Waals surface area (Å²) in [7, 11) is 0. The first-order chi connectivity index (χ1) is 41.5. The van der Waals surface area contributed by atoms with E-state index in [1.807, 2.05) is 0 Å². The zero-order valence-electron chi connectivity index (χ0n) is 57.4. The van der Waals surface area contributed by atoms with Gasteiger partial charge in [-0.15, -0.1) is 0 Å². The van der Waals surface area contributed by atoms with Crippen molar-refractivity contribution in [3.8, 4) is 0 Å². The Hall–Kier alpha value is -1.40. The lowest BCUT2D eigenvalue weighted by Gasteiger charge is -2.22. The average Bonchev–Trinajstić information content (AvgIpc) is 3.51. The van der Waals surface area contributed by atoms with Crippen LogP contribution in [0.4, 0.5) is 0 Å². The molecule has 6 heteroatoms. The molecule has 3 N–H and O–H groups in total. The zero-order chi connectivity index (χ0) is 60.6. The molecule has 0 aromatic rings. The first-order valence-electron chi connectivity index (χ1n) is 38.9. The molecule has 0 bridgehead atoms. The van der Waals surface area contributed by atoms with Gasteiger partial charge in [0.2, 0.25) is 5.91 Å². The molecule has 0 aliphatic heterocycles. The zero-order valence-corrected chi connectivity index (χ0v) is 57.4. The number of carbonyl (C=O) groups is 2. The van der Waals surface area contributed by atoms with E-state index >= 15 is 0 Å². The van der Waals surface area contributed by atoms with Crippen molar-refractivity contribution in [3.63, 3.8) is 0 Å². The van der Waals surface area contributed by atoms with E-state index in [0.29, 0.717) is 25.9 Å². The van der Waals surface area contributed by atoms with Crippen LogP contribution in [0.2, 0.25) is 0 Å². The predicted molar refractivity (Wildman–Crippen MR) is 370 cm³/mol. The maximum absolute atomic E-state index is 12.5. The molecule has 0 aliphatic rings. The van der Waals surface area contributed by atoms with Crippen molar-refractivity contribution in [2.24, 2.45) is 0 Å². The maximum atomic E-state index is 12.5. The standard InChI is InChI=1S/C78H153NO5/c1-3-5-7-9-11-13-15-17-43-47-50-54-58-62-66-70-76(81)75(74-80)79-77(82)71-67-63-59-55-51-48-44-41-39-37-35-33-31-29-27-25-23-21-19-18-20-22-24-26-28-30-32-34-36-38-40-42-45-49-53-57-61-65-69-73-84-78(83)72-68-64-60-56-52-46-16-14-12-10-8-6-4-2/h18-19,75-76,80-81H,3-17,20-74H2,1-2H3,(H,79,82)/b19-18-. The number of rotatable bonds is 74. The van der Waals surface area contributed by atoms with Gasteiger partial charge in [-0.05, 0) is 51.4 Å². The topological polar surface area (TPSA) is 95.9 Å². The summed E-state index contributed by atoms with van der Waals surface area (Å²) in [6.45, 7) is 5.00. The first kappa shape index (κ1) is 82.6. The number of hydrogen-bond donors (Lipinski definition) is 3. The molecule has 0 rings (SSSR count). The maximum Gasteiger partial charge on any atom is 0.305 e. The summed E-state index contributed by atoms with van der Waals surface area (Å²) in [5.74, 6) is -0.00181. The second-order valence-corrected chi connectivity index (χ2v) is 27.0. The minimum absolute atomic E-state index is 0.0250. The van der Waals surface area contributed by atoms with Gasteiger partial charge in [0.05, 0.1) is 25.4 Å². The minimum Gasteiger partial charge on any atom is -0.466 e. The molecule has 2 atom stereocenters. The molecule has 0 heterocycles. The lowest BCUT2D eigenvalue weighted by atomic mass is 10.0. The van der Waals surface area contributed by atoms with Gasteiger partial charge < -0.3 is 20.3 Å². The van der Waals surface area contributed by atoms with Crippen LogP contribution in [0.5, 0.6) is 0 Å². The van der Waals surface area contributed by atoms with Crippen LogP contribution >= 0.6 is 0 Å². The molecule has 84 heavy (non-hydrogen) atoms. The van der Waals surface area contributed by atoms with Crippen LogP contribution in [0.15, 0.2) is 12.2 Å². The van der Waals surface area contributed by atoms with E-state index in [2.05, 4.69) is 31.3 Å². The number of hydrogen-bond acceptors (Lipinski definition) is 5. The molecule has 1 amide bonds. The molecule has 500 valence electrons. The van der Waals surface area contributed by atoms with Crippen LogP contribution in [0.25, 0.3) is 0 Å². The number of ether oxygens (including phenoxy) is 1. The Morgan fingerprint density at radius 2 is 0.560 bits per heavy atom. The molecule has 0 saturated carbocycles. The summed E-state index contributed by atoms with van der Waals surface area (Å²) in [6, 6.07) is -0.537. The normalized spacial score (nSPS) is 12.5. The SMILES string of the molecule is CCCCCCCCCCCCCCCCCC(O)C(CO)NC(=O)CCCCCCCCCCCCCCCCCCC/C=C\CCCCCCCCCCCCCCCCCCCCOC(=O)CCCCCCCCCCCCCCC. The van der Waals surface area contributed by atoms with Crippen LogP contribution in [0.3, 0.4) is 0 Å². The molecule has 0 fully saturated rings. The molecule has 0 aromatic heterocycles. The summed E-state index contributed by atoms with van der Waals surface area (Å²) in [5.41, 5.74) is 0. The Kier molecular flexibility index (Phi) is 72.8. The molecule has 2 unspecified atom stereocenters. The lowest BCUT2D eigenvalue weighted by molar-refractivity contribution is -0.143. The summed E-state index contributed by atoms with van der Waals surface area (Å²) in [5, 5.41) is 23.4. The number of amides is 1. The van der Waals surface area contributed by atoms with Crippen molar-refractivity contribution in [2.45, 2.75) is 463 Å². The fraction of sp³-hybridized carbons (Fsp3) is 0.949. The van der Waals surface area contributed by atoms with Crippen molar-refractivity contribution in [3.05, 3.63) is 12.2 Å². The Bertz CT molecular complexity index is 1270. The first-order valence-corrected chi connectivity index (χ1v) is 38.9. The largest absolute Gasteiger partial charge is 0.466 e. The van der Waals surface area contributed by atoms with Crippen LogP contribution in [0.1, 0.15) is 450 Å². The van der Waals surface area contributed by atoms with Gasteiger partial charge in [-0.1, -0.05) is 398 Å². The molecule has 6 nitrogen and oxygen atoms in total. The van der Waals surface area contributed by atoms with Gasteiger partial charge in [0.15, 0.2) is 0 Å². The van der Waals surface area contributed by atoms with E-state index in [-0.39, 0.29) is 18.5 Å². The molecule has 0 radical (unpaired) electrons. The number of esters is 1. The van der Waals surface area contributed by atoms with Gasteiger partial charge in [-0.25, -0.2) is 0 Å². The Labute approximate surface area is 527 Å². The van der Waals surface area contributed by atoms with E-state index in [1.165, 1.54) is 379 Å². The van der Waals surface area contributed by atoms with Gasteiger partial charge >= 0.3 is 5.97 Å². The third-order valence-corrected chi connectivity index (χ3v) is 18.6. The summed E-state index contributed by atoms with van der Waals surface area (Å²) >= 11 is 0. The van der Waals surface area contributed by atoms with Gasteiger partial charge in [-0.3, -0.25) is 9.59 Å². The monoisotopic (exact) mass is 1180 g/mol. The lowest BCUT2D eigenvalue weighted by Crippen LogP contribution is -2.45. The van der Waals surface area contributed by atoms with Crippen LogP contribution in [-0.2, 0) is 14.3 Å². The van der Waals surface area contributed by atoms with E-state index in [4.69, 9.17) is 4.74 Å². The summed E-state index contributed by atoms with van der Waals surface area (Å²) < 4.78 is 5.50. The molecular formula is C78H153NO5. The Morgan fingerprint density at radius 3 is 0.845 bits per heavy atom. The van der Waals surface area contributed by atoms with E-state index in [1.54, 1.807) is 0 Å². The molecule has 0 aliphatic carbocycles. The molecular weight excluding hydrogens is 1030 g/mol. The minimum atomic E-state index is -0.660. The van der Waals surface area contributed by atoms with Crippen molar-refractivity contribution >= 4 is 11.9 Å². The summed E-state index contributed by atoms with van der Waals surface area (Å²) in [4.78, 5) is 24.6.